The Morgan fingerprint density at radius 3 is 2.33 bits per heavy atom. The molecule has 0 heterocycles. The molecule has 0 aliphatic heterocycles. The molecule has 0 spiro atoms. The number of nitrogens with one attached hydrogen (secondary N) is 2. The summed E-state index contributed by atoms with van der Waals surface area (Å²) in [7, 11) is 0. The number of hydrogen-bond acceptors (Lipinski definition) is 4. The molecular weight excluding hydrogens is 400 g/mol. The van der Waals surface area contributed by atoms with Crippen LogP contribution in [-0.2, 0) is 20.8 Å². The minimum absolute atomic E-state index is 0.118. The molecule has 1 aromatic carbocycles. The molecule has 1 fully saturated rings. The molecule has 1 aromatic rings. The molecule has 1 aliphatic carbocycles. The van der Waals surface area contributed by atoms with Gasteiger partial charge in [0.1, 0.15) is 12.1 Å². The van der Waals surface area contributed by atoms with E-state index in [1.54, 1.807) is 0 Å². The van der Waals surface area contributed by atoms with Crippen LogP contribution in [-0.4, -0.2) is 40.7 Å². The highest BCUT2D eigenvalue weighted by Gasteiger charge is 2.33. The van der Waals surface area contributed by atoms with Crippen molar-refractivity contribution in [1.29, 1.82) is 0 Å². The van der Waals surface area contributed by atoms with Gasteiger partial charge in [0.05, 0.1) is 0 Å². The second kappa shape index (κ2) is 12.0. The summed E-state index contributed by atoms with van der Waals surface area (Å²) in [6, 6.07) is 7.63. The van der Waals surface area contributed by atoms with Gasteiger partial charge in [-0.1, -0.05) is 57.0 Å². The van der Waals surface area contributed by atoms with Gasteiger partial charge < -0.3 is 15.7 Å². The number of carbonyl (C=O) groups excluding carboxylic acids is 2. The van der Waals surface area contributed by atoms with Gasteiger partial charge in [-0.15, -0.1) is 0 Å². The van der Waals surface area contributed by atoms with Crippen molar-refractivity contribution in [2.75, 3.05) is 5.75 Å². The minimum Gasteiger partial charge on any atom is -0.480 e. The second-order valence-corrected chi connectivity index (χ2v) is 8.98. The van der Waals surface area contributed by atoms with Crippen LogP contribution in [0.1, 0.15) is 51.5 Å². The van der Waals surface area contributed by atoms with Gasteiger partial charge in [0.15, 0.2) is 0 Å². The molecule has 1 aliphatic rings. The monoisotopic (exact) mass is 434 g/mol. The second-order valence-electron chi connectivity index (χ2n) is 8.61. The van der Waals surface area contributed by atoms with Crippen LogP contribution in [0.15, 0.2) is 30.3 Å². The van der Waals surface area contributed by atoms with Gasteiger partial charge >= 0.3 is 5.97 Å². The van der Waals surface area contributed by atoms with Gasteiger partial charge in [0, 0.05) is 12.3 Å². The maximum atomic E-state index is 13.0. The Morgan fingerprint density at radius 1 is 1.07 bits per heavy atom. The van der Waals surface area contributed by atoms with E-state index in [-0.39, 0.29) is 23.7 Å². The molecule has 166 valence electrons. The largest absolute Gasteiger partial charge is 0.480 e. The number of hydrogen-bond donors (Lipinski definition) is 4. The summed E-state index contributed by atoms with van der Waals surface area (Å²) in [6.07, 6.45) is 4.49. The highest BCUT2D eigenvalue weighted by Crippen LogP contribution is 2.31. The lowest BCUT2D eigenvalue weighted by Crippen LogP contribution is -2.54. The number of carbonyl (C=O) groups is 3. The van der Waals surface area contributed by atoms with E-state index in [0.29, 0.717) is 18.6 Å². The number of benzene rings is 1. The quantitative estimate of drug-likeness (QED) is 0.426. The summed E-state index contributed by atoms with van der Waals surface area (Å²) >= 11 is 4.40. The lowest BCUT2D eigenvalue weighted by atomic mass is 9.79. The van der Waals surface area contributed by atoms with Crippen molar-refractivity contribution < 1.29 is 19.5 Å². The Bertz CT molecular complexity index is 710. The van der Waals surface area contributed by atoms with Crippen molar-refractivity contribution in [1.82, 2.24) is 10.6 Å². The van der Waals surface area contributed by atoms with Crippen LogP contribution in [0.4, 0.5) is 0 Å². The summed E-state index contributed by atoms with van der Waals surface area (Å²) in [5.74, 6) is -0.859. The van der Waals surface area contributed by atoms with E-state index in [4.69, 9.17) is 0 Å². The number of amides is 2. The Hall–Kier alpha value is -2.02. The molecule has 0 bridgehead atoms. The van der Waals surface area contributed by atoms with Crippen LogP contribution in [0.5, 0.6) is 0 Å². The molecule has 2 unspecified atom stereocenters. The fourth-order valence-electron chi connectivity index (χ4n) is 4.07. The van der Waals surface area contributed by atoms with E-state index in [0.717, 1.165) is 31.2 Å². The van der Waals surface area contributed by atoms with E-state index >= 15 is 0 Å². The van der Waals surface area contributed by atoms with E-state index in [1.165, 1.54) is 0 Å². The van der Waals surface area contributed by atoms with Crippen molar-refractivity contribution in [3.63, 3.8) is 0 Å². The van der Waals surface area contributed by atoms with Crippen molar-refractivity contribution in [3.05, 3.63) is 35.9 Å². The van der Waals surface area contributed by atoms with Gasteiger partial charge in [-0.2, -0.15) is 12.6 Å². The third kappa shape index (κ3) is 7.35. The van der Waals surface area contributed by atoms with E-state index in [2.05, 4.69) is 23.3 Å². The van der Waals surface area contributed by atoms with E-state index in [1.807, 2.05) is 44.2 Å². The summed E-state index contributed by atoms with van der Waals surface area (Å²) in [5.41, 5.74) is 0.906. The minimum atomic E-state index is -1.07. The van der Waals surface area contributed by atoms with Crippen molar-refractivity contribution in [3.8, 4) is 0 Å². The topological polar surface area (TPSA) is 95.5 Å². The molecule has 0 aromatic heterocycles. The van der Waals surface area contributed by atoms with Crippen LogP contribution in [0.2, 0.25) is 0 Å². The van der Waals surface area contributed by atoms with Crippen LogP contribution in [0.3, 0.4) is 0 Å². The first-order valence-corrected chi connectivity index (χ1v) is 11.4. The molecule has 4 atom stereocenters. The fraction of sp³-hybridized carbons (Fsp3) is 0.609. The number of rotatable bonds is 10. The summed E-state index contributed by atoms with van der Waals surface area (Å²) in [5, 5.41) is 15.0. The Morgan fingerprint density at radius 2 is 1.73 bits per heavy atom. The molecule has 1 saturated carbocycles. The first-order chi connectivity index (χ1) is 14.3. The zero-order chi connectivity index (χ0) is 22.1. The van der Waals surface area contributed by atoms with Gasteiger partial charge in [-0.25, -0.2) is 4.79 Å². The summed E-state index contributed by atoms with van der Waals surface area (Å²) < 4.78 is 0. The molecular formula is C23H34N2O4S. The maximum absolute atomic E-state index is 13.0. The average Bonchev–Trinajstić information content (AvgIpc) is 2.72. The highest BCUT2D eigenvalue weighted by atomic mass is 32.1. The Labute approximate surface area is 184 Å². The summed E-state index contributed by atoms with van der Waals surface area (Å²) in [4.78, 5) is 37.6. The van der Waals surface area contributed by atoms with Crippen molar-refractivity contribution in [2.45, 2.75) is 64.5 Å². The zero-order valence-corrected chi connectivity index (χ0v) is 18.7. The molecule has 2 rings (SSSR count). The van der Waals surface area contributed by atoms with Gasteiger partial charge in [0.25, 0.3) is 0 Å². The van der Waals surface area contributed by atoms with Crippen LogP contribution < -0.4 is 10.6 Å². The van der Waals surface area contributed by atoms with Crippen molar-refractivity contribution in [2.24, 2.45) is 17.8 Å². The van der Waals surface area contributed by atoms with E-state index < -0.39 is 24.0 Å². The van der Waals surface area contributed by atoms with Crippen LogP contribution >= 0.6 is 12.6 Å². The van der Waals surface area contributed by atoms with Gasteiger partial charge in [-0.05, 0) is 42.4 Å². The zero-order valence-electron chi connectivity index (χ0n) is 17.8. The SMILES string of the molecule is CC(C)C[C@H](NC(=O)[C@H](Cc1ccccc1)NC(=O)C1CCCCC1CS)C(=O)O. The maximum Gasteiger partial charge on any atom is 0.326 e. The predicted octanol–water partition coefficient (Wildman–Crippen LogP) is 3.07. The highest BCUT2D eigenvalue weighted by molar-refractivity contribution is 7.80. The van der Waals surface area contributed by atoms with Gasteiger partial charge in [0.2, 0.25) is 11.8 Å². The first kappa shape index (κ1) is 24.3. The average molecular weight is 435 g/mol. The van der Waals surface area contributed by atoms with Gasteiger partial charge in [-0.3, -0.25) is 9.59 Å². The number of carboxylic acids is 1. The molecule has 30 heavy (non-hydrogen) atoms. The molecule has 3 N–H and O–H groups in total. The number of thiol groups is 1. The lowest BCUT2D eigenvalue weighted by molar-refractivity contribution is -0.142. The lowest BCUT2D eigenvalue weighted by Gasteiger charge is -2.31. The Kier molecular flexibility index (Phi) is 9.69. The van der Waals surface area contributed by atoms with Crippen molar-refractivity contribution >= 4 is 30.4 Å². The van der Waals surface area contributed by atoms with E-state index in [9.17, 15) is 19.5 Å². The smallest absolute Gasteiger partial charge is 0.326 e. The molecule has 0 saturated heterocycles. The molecule has 6 nitrogen and oxygen atoms in total. The van der Waals surface area contributed by atoms with Crippen LogP contribution in [0, 0.1) is 17.8 Å². The molecule has 7 heteroatoms. The van der Waals surface area contributed by atoms with Crippen LogP contribution in [0.25, 0.3) is 0 Å². The third-order valence-corrected chi connectivity index (χ3v) is 6.19. The molecule has 2 amide bonds. The third-order valence-electron chi connectivity index (χ3n) is 5.72. The first-order valence-electron chi connectivity index (χ1n) is 10.8. The number of carboxylic acid groups (broad SMARTS) is 1. The summed E-state index contributed by atoms with van der Waals surface area (Å²) in [6.45, 7) is 3.82. The standard InChI is InChI=1S/C23H34N2O4S/c1-15(2)12-20(23(28)29)25-22(27)19(13-16-8-4-3-5-9-16)24-21(26)18-11-7-6-10-17(18)14-30/h3-5,8-9,15,17-20,30H,6-7,10-14H2,1-2H3,(H,24,26)(H,25,27)(H,28,29)/t17?,18?,19-,20-/m0/s1. The Balaban J connectivity index is 2.15. The predicted molar refractivity (Wildman–Crippen MR) is 120 cm³/mol. The molecule has 0 radical (unpaired) electrons. The fourth-order valence-corrected chi connectivity index (χ4v) is 4.51. The number of aliphatic carboxylic acids is 1. The normalized spacial score (nSPS) is 20.9.